The Balaban J connectivity index is 3.65. The molecule has 0 aromatic rings. The third kappa shape index (κ3) is 4.84. The van der Waals surface area contributed by atoms with E-state index in [0.29, 0.717) is 12.3 Å². The van der Waals surface area contributed by atoms with Crippen molar-refractivity contribution in [1.82, 2.24) is 5.32 Å². The summed E-state index contributed by atoms with van der Waals surface area (Å²) < 4.78 is 0. The van der Waals surface area contributed by atoms with Gasteiger partial charge in [-0.05, 0) is 5.92 Å². The van der Waals surface area contributed by atoms with Crippen molar-refractivity contribution < 1.29 is 9.59 Å². The van der Waals surface area contributed by atoms with Gasteiger partial charge in [0.15, 0.2) is 0 Å². The lowest BCUT2D eigenvalue weighted by Crippen LogP contribution is -2.20. The second kappa shape index (κ2) is 5.18. The first-order valence-corrected chi connectivity index (χ1v) is 4.36. The van der Waals surface area contributed by atoms with Crippen molar-refractivity contribution in [3.8, 4) is 0 Å². The van der Waals surface area contributed by atoms with E-state index in [4.69, 9.17) is 0 Å². The highest BCUT2D eigenvalue weighted by molar-refractivity contribution is 8.14. The maximum atomic E-state index is 10.8. The molecule has 11 heavy (non-hydrogen) atoms. The summed E-state index contributed by atoms with van der Waals surface area (Å²) in [6, 6.07) is 0. The molecule has 0 spiro atoms. The number of nitrogens with one attached hydrogen (secondary N) is 1. The zero-order chi connectivity index (χ0) is 8.85. The van der Waals surface area contributed by atoms with E-state index >= 15 is 0 Å². The van der Waals surface area contributed by atoms with Crippen LogP contribution in [0.3, 0.4) is 0 Å². The number of thioether (sulfide) groups is 1. The second-order valence-corrected chi connectivity index (χ2v) is 3.97. The third-order valence-corrected chi connectivity index (χ3v) is 2.66. The summed E-state index contributed by atoms with van der Waals surface area (Å²) in [7, 11) is 0. The van der Waals surface area contributed by atoms with E-state index in [0.717, 1.165) is 11.8 Å². The smallest absolute Gasteiger partial charge is 0.285 e. The number of rotatable bonds is 3. The van der Waals surface area contributed by atoms with Crippen LogP contribution in [0.25, 0.3) is 0 Å². The van der Waals surface area contributed by atoms with E-state index < -0.39 is 0 Å². The van der Waals surface area contributed by atoms with E-state index in [2.05, 4.69) is 5.32 Å². The largest absolute Gasteiger partial charge is 0.290 e. The first-order chi connectivity index (χ1) is 5.07. The number of imide groups is 1. The Morgan fingerprint density at radius 3 is 2.36 bits per heavy atom. The zero-order valence-electron chi connectivity index (χ0n) is 6.96. The van der Waals surface area contributed by atoms with Gasteiger partial charge in [-0.1, -0.05) is 32.5 Å². The summed E-state index contributed by atoms with van der Waals surface area (Å²) >= 11 is 1.15. The highest BCUT2D eigenvalue weighted by Crippen LogP contribution is 2.18. The summed E-state index contributed by atoms with van der Waals surface area (Å²) in [6.45, 7) is 6.03. The van der Waals surface area contributed by atoms with Crippen LogP contribution in [0.5, 0.6) is 0 Å². The minimum Gasteiger partial charge on any atom is -0.290 e. The fraction of sp³-hybridized carbons (Fsp3) is 0.714. The van der Waals surface area contributed by atoms with Gasteiger partial charge in [0.25, 0.3) is 5.24 Å². The Hall–Kier alpha value is -0.510. The standard InChI is InChI=1S/C7H13NO2S/c1-5(2)6(3)11-7(10)8-4-9/h4-6H,1-3H3,(H,8,9,10). The summed E-state index contributed by atoms with van der Waals surface area (Å²) in [5, 5.41) is 2.04. The van der Waals surface area contributed by atoms with Crippen molar-refractivity contribution in [3.63, 3.8) is 0 Å². The molecule has 0 heterocycles. The van der Waals surface area contributed by atoms with Gasteiger partial charge in [0.2, 0.25) is 6.41 Å². The number of amides is 2. The van der Waals surface area contributed by atoms with Crippen molar-refractivity contribution in [3.05, 3.63) is 0 Å². The normalized spacial score (nSPS) is 12.7. The quantitative estimate of drug-likeness (QED) is 0.663. The van der Waals surface area contributed by atoms with Gasteiger partial charge in [0, 0.05) is 5.25 Å². The molecule has 0 fully saturated rings. The summed E-state index contributed by atoms with van der Waals surface area (Å²) in [5.74, 6) is 0.442. The fourth-order valence-corrected chi connectivity index (χ4v) is 1.11. The third-order valence-electron chi connectivity index (χ3n) is 1.41. The minimum atomic E-state index is -0.277. The lowest BCUT2D eigenvalue weighted by atomic mass is 10.2. The average Bonchev–Trinajstić information content (AvgIpc) is 1.87. The van der Waals surface area contributed by atoms with Crippen molar-refractivity contribution >= 4 is 23.4 Å². The number of hydrogen-bond donors (Lipinski definition) is 1. The molecule has 0 saturated carbocycles. The van der Waals surface area contributed by atoms with Crippen LogP contribution in [0.4, 0.5) is 4.79 Å². The molecule has 0 aromatic heterocycles. The van der Waals surface area contributed by atoms with Gasteiger partial charge in [0.1, 0.15) is 0 Å². The van der Waals surface area contributed by atoms with Crippen LogP contribution in [0, 0.1) is 5.92 Å². The Morgan fingerprint density at radius 1 is 1.45 bits per heavy atom. The lowest BCUT2D eigenvalue weighted by molar-refractivity contribution is -0.108. The monoisotopic (exact) mass is 175 g/mol. The number of carbonyl (C=O) groups excluding carboxylic acids is 2. The van der Waals surface area contributed by atoms with E-state index in [1.54, 1.807) is 0 Å². The number of carbonyl (C=O) groups is 2. The molecule has 0 rings (SSSR count). The molecule has 0 saturated heterocycles. The van der Waals surface area contributed by atoms with E-state index in [1.165, 1.54) is 0 Å². The molecule has 64 valence electrons. The van der Waals surface area contributed by atoms with Gasteiger partial charge in [0.05, 0.1) is 0 Å². The van der Waals surface area contributed by atoms with Gasteiger partial charge >= 0.3 is 0 Å². The van der Waals surface area contributed by atoms with Crippen LogP contribution in [-0.2, 0) is 4.79 Å². The van der Waals surface area contributed by atoms with E-state index in [9.17, 15) is 9.59 Å². The molecular weight excluding hydrogens is 162 g/mol. The molecule has 1 atom stereocenters. The molecule has 0 aliphatic carbocycles. The first-order valence-electron chi connectivity index (χ1n) is 3.48. The number of hydrogen-bond acceptors (Lipinski definition) is 3. The summed E-state index contributed by atoms with van der Waals surface area (Å²) in [4.78, 5) is 20.6. The highest BCUT2D eigenvalue weighted by atomic mass is 32.2. The van der Waals surface area contributed by atoms with Gasteiger partial charge in [-0.15, -0.1) is 0 Å². The maximum Gasteiger partial charge on any atom is 0.285 e. The predicted molar refractivity (Wildman–Crippen MR) is 46.5 cm³/mol. The van der Waals surface area contributed by atoms with Crippen molar-refractivity contribution in [2.75, 3.05) is 0 Å². The minimum absolute atomic E-state index is 0.245. The van der Waals surface area contributed by atoms with Crippen LogP contribution in [-0.4, -0.2) is 16.9 Å². The Morgan fingerprint density at radius 2 is 2.00 bits per heavy atom. The van der Waals surface area contributed by atoms with Crippen molar-refractivity contribution in [1.29, 1.82) is 0 Å². The summed E-state index contributed by atoms with van der Waals surface area (Å²) in [6.07, 6.45) is 0.405. The fourth-order valence-electron chi connectivity index (χ4n) is 0.387. The Labute approximate surface area is 70.9 Å². The molecule has 2 amide bonds. The SMILES string of the molecule is CC(C)C(C)SC(=O)NC=O. The van der Waals surface area contributed by atoms with Crippen molar-refractivity contribution in [2.24, 2.45) is 5.92 Å². The predicted octanol–water partition coefficient (Wildman–Crippen LogP) is 1.63. The van der Waals surface area contributed by atoms with Crippen LogP contribution < -0.4 is 5.32 Å². The lowest BCUT2D eigenvalue weighted by Gasteiger charge is -2.12. The zero-order valence-corrected chi connectivity index (χ0v) is 7.77. The molecule has 0 aliphatic rings. The van der Waals surface area contributed by atoms with Crippen LogP contribution in [0.2, 0.25) is 0 Å². The topological polar surface area (TPSA) is 46.2 Å². The Kier molecular flexibility index (Phi) is 4.94. The Bertz CT molecular complexity index is 147. The van der Waals surface area contributed by atoms with Gasteiger partial charge < -0.3 is 0 Å². The molecule has 3 nitrogen and oxygen atoms in total. The average molecular weight is 175 g/mol. The van der Waals surface area contributed by atoms with Crippen LogP contribution in [0.1, 0.15) is 20.8 Å². The molecule has 0 radical (unpaired) electrons. The molecular formula is C7H13NO2S. The van der Waals surface area contributed by atoms with Crippen LogP contribution >= 0.6 is 11.8 Å². The van der Waals surface area contributed by atoms with E-state index in [-0.39, 0.29) is 10.5 Å². The maximum absolute atomic E-state index is 10.8. The molecule has 0 aliphatic heterocycles. The molecule has 0 bridgehead atoms. The first kappa shape index (κ1) is 10.5. The molecule has 1 unspecified atom stereocenters. The molecule has 4 heteroatoms. The van der Waals surface area contributed by atoms with Gasteiger partial charge in [-0.25, -0.2) is 0 Å². The van der Waals surface area contributed by atoms with Crippen molar-refractivity contribution in [2.45, 2.75) is 26.0 Å². The summed E-state index contributed by atoms with van der Waals surface area (Å²) in [5.41, 5.74) is 0. The van der Waals surface area contributed by atoms with Gasteiger partial charge in [-0.2, -0.15) is 0 Å². The molecule has 0 aromatic carbocycles. The van der Waals surface area contributed by atoms with Crippen LogP contribution in [0.15, 0.2) is 0 Å². The molecule has 1 N–H and O–H groups in total. The van der Waals surface area contributed by atoms with E-state index in [1.807, 2.05) is 20.8 Å². The van der Waals surface area contributed by atoms with Gasteiger partial charge in [-0.3, -0.25) is 14.9 Å². The second-order valence-electron chi connectivity index (χ2n) is 2.62. The highest BCUT2D eigenvalue weighted by Gasteiger charge is 2.11.